The summed E-state index contributed by atoms with van der Waals surface area (Å²) in [5.74, 6) is 1.91. The first kappa shape index (κ1) is 12.9. The normalized spacial score (nSPS) is 46.0. The number of rotatable bonds is 2. The van der Waals surface area contributed by atoms with E-state index in [1.807, 2.05) is 0 Å². The lowest BCUT2D eigenvalue weighted by Crippen LogP contribution is -2.53. The summed E-state index contributed by atoms with van der Waals surface area (Å²) in [6.45, 7) is 7.44. The van der Waals surface area contributed by atoms with Crippen LogP contribution in [-0.4, -0.2) is 36.1 Å². The molecule has 3 rings (SSSR count). The van der Waals surface area contributed by atoms with Crippen molar-refractivity contribution >= 4 is 0 Å². The molecule has 0 bridgehead atoms. The number of likely N-dealkylation sites (tertiary alicyclic amines) is 1. The van der Waals surface area contributed by atoms with Gasteiger partial charge in [0.2, 0.25) is 0 Å². The van der Waals surface area contributed by atoms with Gasteiger partial charge in [0, 0.05) is 31.2 Å². The molecule has 1 saturated carbocycles. The fraction of sp³-hybridized carbons (Fsp3) is 1.00. The molecule has 0 amide bonds. The van der Waals surface area contributed by atoms with Crippen molar-refractivity contribution in [2.45, 2.75) is 76.9 Å². The summed E-state index contributed by atoms with van der Waals surface area (Å²) in [7, 11) is 0. The van der Waals surface area contributed by atoms with Crippen LogP contribution in [0.3, 0.4) is 0 Å². The molecule has 3 fully saturated rings. The van der Waals surface area contributed by atoms with E-state index in [0.717, 1.165) is 30.0 Å². The third-order valence-corrected chi connectivity index (χ3v) is 5.61. The topological polar surface area (TPSA) is 15.3 Å². The van der Waals surface area contributed by atoms with Gasteiger partial charge >= 0.3 is 0 Å². The lowest BCUT2D eigenvalue weighted by molar-refractivity contribution is 0.141. The van der Waals surface area contributed by atoms with Crippen LogP contribution in [0.4, 0.5) is 0 Å². The lowest BCUT2D eigenvalue weighted by atomic mass is 9.77. The smallest absolute Gasteiger partial charge is 0.0197 e. The minimum Gasteiger partial charge on any atom is -0.310 e. The molecule has 1 aliphatic carbocycles. The van der Waals surface area contributed by atoms with Gasteiger partial charge in [-0.25, -0.2) is 0 Å². The predicted molar refractivity (Wildman–Crippen MR) is 76.7 cm³/mol. The van der Waals surface area contributed by atoms with Crippen LogP contribution >= 0.6 is 0 Å². The minimum absolute atomic E-state index is 0.775. The zero-order valence-corrected chi connectivity index (χ0v) is 12.2. The highest BCUT2D eigenvalue weighted by molar-refractivity contribution is 4.92. The molecule has 2 saturated heterocycles. The van der Waals surface area contributed by atoms with Gasteiger partial charge in [-0.15, -0.1) is 0 Å². The fourth-order valence-electron chi connectivity index (χ4n) is 4.64. The number of nitrogens with one attached hydrogen (secondary N) is 1. The van der Waals surface area contributed by atoms with E-state index in [2.05, 4.69) is 24.1 Å². The summed E-state index contributed by atoms with van der Waals surface area (Å²) in [6.07, 6.45) is 10.2. The van der Waals surface area contributed by atoms with Crippen molar-refractivity contribution < 1.29 is 0 Å². The summed E-state index contributed by atoms with van der Waals surface area (Å²) in [5, 5.41) is 3.98. The highest BCUT2D eigenvalue weighted by atomic mass is 15.2. The molecular weight excluding hydrogens is 220 g/mol. The first-order valence-electron chi connectivity index (χ1n) is 8.22. The van der Waals surface area contributed by atoms with Gasteiger partial charge in [-0.05, 0) is 50.9 Å². The van der Waals surface area contributed by atoms with Crippen LogP contribution in [0.1, 0.15) is 58.8 Å². The maximum Gasteiger partial charge on any atom is 0.0197 e. The van der Waals surface area contributed by atoms with Crippen LogP contribution in [0.2, 0.25) is 0 Å². The van der Waals surface area contributed by atoms with Crippen molar-refractivity contribution in [3.63, 3.8) is 0 Å². The van der Waals surface area contributed by atoms with Crippen LogP contribution in [0.15, 0.2) is 0 Å². The molecule has 2 heteroatoms. The molecule has 0 aromatic heterocycles. The SMILES string of the molecule is CC1CC(C)N(CC2CCC3CCCCC3N2)C1. The van der Waals surface area contributed by atoms with E-state index in [1.54, 1.807) is 0 Å². The molecule has 0 radical (unpaired) electrons. The summed E-state index contributed by atoms with van der Waals surface area (Å²) in [5.41, 5.74) is 0. The van der Waals surface area contributed by atoms with Gasteiger partial charge in [0.05, 0.1) is 0 Å². The second-order valence-electron chi connectivity index (χ2n) is 7.24. The van der Waals surface area contributed by atoms with Crippen molar-refractivity contribution in [3.8, 4) is 0 Å². The Morgan fingerprint density at radius 1 is 1.06 bits per heavy atom. The number of piperidine rings is 1. The quantitative estimate of drug-likeness (QED) is 0.810. The Bertz CT molecular complexity index is 278. The van der Waals surface area contributed by atoms with Crippen LogP contribution in [0, 0.1) is 11.8 Å². The molecule has 2 nitrogen and oxygen atoms in total. The largest absolute Gasteiger partial charge is 0.310 e. The van der Waals surface area contributed by atoms with E-state index in [9.17, 15) is 0 Å². The number of nitrogens with zero attached hydrogens (tertiary/aromatic N) is 1. The Morgan fingerprint density at radius 2 is 1.89 bits per heavy atom. The zero-order chi connectivity index (χ0) is 12.5. The molecule has 0 spiro atoms. The molecule has 3 aliphatic rings. The first-order valence-corrected chi connectivity index (χ1v) is 8.22. The molecule has 5 unspecified atom stereocenters. The van der Waals surface area contributed by atoms with Crippen molar-refractivity contribution in [1.29, 1.82) is 0 Å². The molecule has 104 valence electrons. The summed E-state index contributed by atoms with van der Waals surface area (Å²) in [4.78, 5) is 2.73. The molecule has 18 heavy (non-hydrogen) atoms. The van der Waals surface area contributed by atoms with Gasteiger partial charge in [-0.3, -0.25) is 4.90 Å². The fourth-order valence-corrected chi connectivity index (χ4v) is 4.64. The van der Waals surface area contributed by atoms with E-state index >= 15 is 0 Å². The molecular formula is C16H30N2. The Labute approximate surface area is 113 Å². The lowest BCUT2D eigenvalue weighted by Gasteiger charge is -2.42. The molecule has 1 N–H and O–H groups in total. The zero-order valence-electron chi connectivity index (χ0n) is 12.2. The molecule has 0 aromatic carbocycles. The Balaban J connectivity index is 1.52. The highest BCUT2D eigenvalue weighted by Crippen LogP contribution is 2.33. The predicted octanol–water partition coefficient (Wildman–Crippen LogP) is 3.03. The average Bonchev–Trinajstić information content (AvgIpc) is 2.68. The Morgan fingerprint density at radius 3 is 2.67 bits per heavy atom. The molecule has 2 heterocycles. The van der Waals surface area contributed by atoms with Crippen molar-refractivity contribution in [3.05, 3.63) is 0 Å². The standard InChI is InChI=1S/C16H30N2/c1-12-9-13(2)18(10-12)11-15-8-7-14-5-3-4-6-16(14)17-15/h12-17H,3-11H2,1-2H3. The highest BCUT2D eigenvalue weighted by Gasteiger charge is 2.34. The van der Waals surface area contributed by atoms with Crippen molar-refractivity contribution in [2.75, 3.05) is 13.1 Å². The van der Waals surface area contributed by atoms with Crippen molar-refractivity contribution in [1.82, 2.24) is 10.2 Å². The van der Waals surface area contributed by atoms with Crippen LogP contribution in [0.5, 0.6) is 0 Å². The summed E-state index contributed by atoms with van der Waals surface area (Å²) >= 11 is 0. The van der Waals surface area contributed by atoms with Gasteiger partial charge in [0.1, 0.15) is 0 Å². The number of hydrogen-bond acceptors (Lipinski definition) is 2. The average molecular weight is 250 g/mol. The van der Waals surface area contributed by atoms with E-state index in [4.69, 9.17) is 0 Å². The van der Waals surface area contributed by atoms with E-state index in [0.29, 0.717) is 0 Å². The number of fused-ring (bicyclic) bond motifs is 1. The molecule has 0 aromatic rings. The van der Waals surface area contributed by atoms with E-state index in [1.165, 1.54) is 58.0 Å². The maximum absolute atomic E-state index is 3.98. The monoisotopic (exact) mass is 250 g/mol. The second kappa shape index (κ2) is 5.50. The number of hydrogen-bond donors (Lipinski definition) is 1. The van der Waals surface area contributed by atoms with Gasteiger partial charge in [-0.2, -0.15) is 0 Å². The van der Waals surface area contributed by atoms with Crippen LogP contribution in [-0.2, 0) is 0 Å². The summed E-state index contributed by atoms with van der Waals surface area (Å²) < 4.78 is 0. The van der Waals surface area contributed by atoms with E-state index < -0.39 is 0 Å². The van der Waals surface area contributed by atoms with Gasteiger partial charge in [0.25, 0.3) is 0 Å². The Hall–Kier alpha value is -0.0800. The van der Waals surface area contributed by atoms with E-state index in [-0.39, 0.29) is 0 Å². The third kappa shape index (κ3) is 2.75. The Kier molecular flexibility index (Phi) is 3.95. The van der Waals surface area contributed by atoms with Crippen LogP contribution in [0.25, 0.3) is 0 Å². The van der Waals surface area contributed by atoms with Crippen LogP contribution < -0.4 is 5.32 Å². The molecule has 5 atom stereocenters. The van der Waals surface area contributed by atoms with Crippen molar-refractivity contribution in [2.24, 2.45) is 11.8 Å². The van der Waals surface area contributed by atoms with Gasteiger partial charge in [0.15, 0.2) is 0 Å². The second-order valence-corrected chi connectivity index (χ2v) is 7.24. The third-order valence-electron chi connectivity index (χ3n) is 5.61. The van der Waals surface area contributed by atoms with Gasteiger partial charge in [-0.1, -0.05) is 19.8 Å². The first-order chi connectivity index (χ1) is 8.72. The van der Waals surface area contributed by atoms with Gasteiger partial charge < -0.3 is 5.32 Å². The maximum atomic E-state index is 3.98. The molecule has 2 aliphatic heterocycles. The summed E-state index contributed by atoms with van der Waals surface area (Å²) in [6, 6.07) is 2.44. The minimum atomic E-state index is 0.775.